The van der Waals surface area contributed by atoms with Gasteiger partial charge in [-0.2, -0.15) is 4.98 Å². The van der Waals surface area contributed by atoms with Crippen LogP contribution in [-0.4, -0.2) is 41.5 Å². The van der Waals surface area contributed by atoms with Crippen LogP contribution in [0.25, 0.3) is 10.1 Å². The van der Waals surface area contributed by atoms with Crippen LogP contribution in [0, 0.1) is 17.0 Å². The van der Waals surface area contributed by atoms with Gasteiger partial charge in [0, 0.05) is 32.0 Å². The average Bonchev–Trinajstić information content (AvgIpc) is 2.95. The standard InChI is InChI=1S/C17H19N3O5S/c1-10-7-12-14(13(8-10)20(22)23)26-16(18-15(12)21)19-5-3-17(4-6-19)24-9-11(2)25-17/h7-8,11H,3-6,9H2,1-2H3. The maximum absolute atomic E-state index is 12.5. The molecular formula is C17H19N3O5S. The largest absolute Gasteiger partial charge is 0.348 e. The van der Waals surface area contributed by atoms with Crippen LogP contribution in [0.4, 0.5) is 10.8 Å². The van der Waals surface area contributed by atoms with Crippen molar-refractivity contribution in [3.05, 3.63) is 38.2 Å². The van der Waals surface area contributed by atoms with E-state index < -0.39 is 16.3 Å². The fraction of sp³-hybridized carbons (Fsp3) is 0.529. The summed E-state index contributed by atoms with van der Waals surface area (Å²) in [6, 6.07) is 3.15. The number of non-ortho nitro benzene ring substituents is 1. The van der Waals surface area contributed by atoms with E-state index in [-0.39, 0.29) is 11.8 Å². The second-order valence-corrected chi connectivity index (χ2v) is 7.83. The monoisotopic (exact) mass is 377 g/mol. The minimum Gasteiger partial charge on any atom is -0.348 e. The van der Waals surface area contributed by atoms with Crippen molar-refractivity contribution in [3.63, 3.8) is 0 Å². The van der Waals surface area contributed by atoms with Gasteiger partial charge in [0.05, 0.1) is 23.0 Å². The lowest BCUT2D eigenvalue weighted by Gasteiger charge is -2.37. The molecule has 0 saturated carbocycles. The second-order valence-electron chi connectivity index (χ2n) is 6.86. The van der Waals surface area contributed by atoms with Crippen molar-refractivity contribution in [2.75, 3.05) is 24.6 Å². The Bertz CT molecular complexity index is 936. The zero-order valence-electron chi connectivity index (χ0n) is 14.6. The van der Waals surface area contributed by atoms with Crippen LogP contribution >= 0.6 is 11.3 Å². The summed E-state index contributed by atoms with van der Waals surface area (Å²) in [6.07, 6.45) is 1.43. The highest BCUT2D eigenvalue weighted by molar-refractivity contribution is 7.22. The summed E-state index contributed by atoms with van der Waals surface area (Å²) in [6.45, 7) is 5.56. The maximum atomic E-state index is 12.5. The number of nitro benzene ring substituents is 1. The molecule has 0 radical (unpaired) electrons. The molecule has 0 amide bonds. The van der Waals surface area contributed by atoms with E-state index in [0.29, 0.717) is 53.3 Å². The Labute approximate surface area is 153 Å². The number of hydrogen-bond acceptors (Lipinski definition) is 8. The Kier molecular flexibility index (Phi) is 4.17. The van der Waals surface area contributed by atoms with Gasteiger partial charge in [-0.25, -0.2) is 0 Å². The van der Waals surface area contributed by atoms with E-state index in [9.17, 15) is 14.9 Å². The van der Waals surface area contributed by atoms with Gasteiger partial charge in [-0.15, -0.1) is 0 Å². The molecule has 9 heteroatoms. The summed E-state index contributed by atoms with van der Waals surface area (Å²) >= 11 is 1.19. The zero-order valence-corrected chi connectivity index (χ0v) is 15.4. The molecule has 1 aromatic heterocycles. The molecule has 2 aromatic rings. The Morgan fingerprint density at radius 3 is 2.73 bits per heavy atom. The number of fused-ring (bicyclic) bond motifs is 1. The molecule has 1 unspecified atom stereocenters. The van der Waals surface area contributed by atoms with Crippen LogP contribution in [0.1, 0.15) is 25.3 Å². The molecule has 2 aliphatic rings. The average molecular weight is 377 g/mol. The molecule has 26 heavy (non-hydrogen) atoms. The fourth-order valence-electron chi connectivity index (χ4n) is 3.56. The van der Waals surface area contributed by atoms with E-state index >= 15 is 0 Å². The van der Waals surface area contributed by atoms with Crippen molar-refractivity contribution in [1.82, 2.24) is 4.98 Å². The molecule has 0 aliphatic carbocycles. The first-order valence-corrected chi connectivity index (χ1v) is 9.35. The number of aryl methyl sites for hydroxylation is 1. The lowest BCUT2D eigenvalue weighted by atomic mass is 10.0. The Hall–Kier alpha value is -2.10. The minimum atomic E-state index is -0.541. The van der Waals surface area contributed by atoms with Crippen molar-refractivity contribution < 1.29 is 14.4 Å². The number of nitro groups is 1. The first-order chi connectivity index (χ1) is 12.4. The van der Waals surface area contributed by atoms with Gasteiger partial charge in [0.1, 0.15) is 4.70 Å². The smallest absolute Gasteiger partial charge is 0.287 e. The Balaban J connectivity index is 1.68. The fourth-order valence-corrected chi connectivity index (χ4v) is 4.67. The third-order valence-corrected chi connectivity index (χ3v) is 5.99. The van der Waals surface area contributed by atoms with E-state index in [4.69, 9.17) is 9.47 Å². The van der Waals surface area contributed by atoms with Gasteiger partial charge in [0.25, 0.3) is 11.2 Å². The van der Waals surface area contributed by atoms with Crippen LogP contribution in [0.2, 0.25) is 0 Å². The number of hydrogen-bond donors (Lipinski definition) is 0. The van der Waals surface area contributed by atoms with Crippen LogP contribution in [0.15, 0.2) is 16.9 Å². The maximum Gasteiger partial charge on any atom is 0.287 e. The SMILES string of the molecule is Cc1cc([N+](=O)[O-])c2sc(N3CCC4(CC3)OCC(C)O4)nc(=O)c2c1. The van der Waals surface area contributed by atoms with Crippen molar-refractivity contribution in [2.45, 2.75) is 38.6 Å². The predicted molar refractivity (Wildman–Crippen MR) is 98.0 cm³/mol. The zero-order chi connectivity index (χ0) is 18.5. The van der Waals surface area contributed by atoms with E-state index in [1.807, 2.05) is 11.8 Å². The summed E-state index contributed by atoms with van der Waals surface area (Å²) in [5.74, 6) is -0.541. The van der Waals surface area contributed by atoms with E-state index in [2.05, 4.69) is 4.98 Å². The Morgan fingerprint density at radius 2 is 2.12 bits per heavy atom. The van der Waals surface area contributed by atoms with E-state index in [0.717, 1.165) is 0 Å². The van der Waals surface area contributed by atoms with Gasteiger partial charge in [-0.1, -0.05) is 11.3 Å². The third kappa shape index (κ3) is 2.95. The molecule has 0 N–H and O–H groups in total. The number of piperidine rings is 1. The molecular weight excluding hydrogens is 358 g/mol. The van der Waals surface area contributed by atoms with Crippen molar-refractivity contribution >= 4 is 32.2 Å². The van der Waals surface area contributed by atoms with Crippen LogP contribution in [-0.2, 0) is 9.47 Å². The number of rotatable bonds is 2. The van der Waals surface area contributed by atoms with Gasteiger partial charge in [-0.05, 0) is 25.5 Å². The number of nitrogens with zero attached hydrogens (tertiary/aromatic N) is 3. The number of ether oxygens (including phenoxy) is 2. The summed E-state index contributed by atoms with van der Waals surface area (Å²) in [5, 5.41) is 12.2. The molecule has 1 spiro atoms. The Morgan fingerprint density at radius 1 is 1.38 bits per heavy atom. The molecule has 8 nitrogen and oxygen atoms in total. The molecule has 2 saturated heterocycles. The van der Waals surface area contributed by atoms with Gasteiger partial charge >= 0.3 is 0 Å². The summed E-state index contributed by atoms with van der Waals surface area (Å²) in [4.78, 5) is 29.6. The molecule has 0 bridgehead atoms. The van der Waals surface area contributed by atoms with E-state index in [1.165, 1.54) is 17.4 Å². The molecule has 4 rings (SSSR count). The molecule has 2 fully saturated rings. The highest BCUT2D eigenvalue weighted by atomic mass is 32.1. The minimum absolute atomic E-state index is 0.0458. The number of benzene rings is 1. The summed E-state index contributed by atoms with van der Waals surface area (Å²) < 4.78 is 12.1. The van der Waals surface area contributed by atoms with E-state index in [1.54, 1.807) is 13.0 Å². The third-order valence-electron chi connectivity index (χ3n) is 4.82. The summed E-state index contributed by atoms with van der Waals surface area (Å²) in [5.41, 5.74) is 0.200. The molecule has 1 atom stereocenters. The highest BCUT2D eigenvalue weighted by Crippen LogP contribution is 2.37. The van der Waals surface area contributed by atoms with Crippen molar-refractivity contribution in [3.8, 4) is 0 Å². The van der Waals surface area contributed by atoms with Crippen LogP contribution in [0.3, 0.4) is 0 Å². The second kappa shape index (κ2) is 6.26. The quantitative estimate of drug-likeness (QED) is 0.586. The van der Waals surface area contributed by atoms with Crippen LogP contribution in [0.5, 0.6) is 0 Å². The van der Waals surface area contributed by atoms with Gasteiger partial charge < -0.3 is 14.4 Å². The van der Waals surface area contributed by atoms with Crippen LogP contribution < -0.4 is 10.5 Å². The normalized spacial score (nSPS) is 22.2. The molecule has 1 aromatic carbocycles. The highest BCUT2D eigenvalue weighted by Gasteiger charge is 2.43. The number of anilines is 1. The lowest BCUT2D eigenvalue weighted by Crippen LogP contribution is -2.45. The predicted octanol–water partition coefficient (Wildman–Crippen LogP) is 2.60. The first-order valence-electron chi connectivity index (χ1n) is 8.53. The van der Waals surface area contributed by atoms with Crippen molar-refractivity contribution in [1.29, 1.82) is 0 Å². The summed E-state index contributed by atoms with van der Waals surface area (Å²) in [7, 11) is 0. The molecule has 3 heterocycles. The van der Waals surface area contributed by atoms with Gasteiger partial charge in [0.15, 0.2) is 10.9 Å². The van der Waals surface area contributed by atoms with Crippen molar-refractivity contribution in [2.24, 2.45) is 0 Å². The van der Waals surface area contributed by atoms with Gasteiger partial charge in [-0.3, -0.25) is 14.9 Å². The first kappa shape index (κ1) is 17.3. The molecule has 2 aliphatic heterocycles. The lowest BCUT2D eigenvalue weighted by molar-refractivity contribution is -0.382. The topological polar surface area (TPSA) is 94.8 Å². The molecule has 138 valence electrons. The van der Waals surface area contributed by atoms with Gasteiger partial charge in [0.2, 0.25) is 0 Å². The number of aromatic nitrogens is 1.